The number of thiazole rings is 1. The van der Waals surface area contributed by atoms with Crippen molar-refractivity contribution in [1.29, 1.82) is 0 Å². The number of amides is 2. The van der Waals surface area contributed by atoms with Gasteiger partial charge in [0.25, 0.3) is 5.91 Å². The number of carbonyl (C=O) groups excluding carboxylic acids is 2. The highest BCUT2D eigenvalue weighted by Crippen LogP contribution is 2.29. The molecule has 0 aliphatic rings. The molecule has 0 unspecified atom stereocenters. The van der Waals surface area contributed by atoms with E-state index in [1.54, 1.807) is 38.4 Å². The van der Waals surface area contributed by atoms with E-state index in [4.69, 9.17) is 4.74 Å². The lowest BCUT2D eigenvalue weighted by atomic mass is 9.98. The van der Waals surface area contributed by atoms with Gasteiger partial charge in [-0.15, -0.1) is 11.3 Å². The second kappa shape index (κ2) is 7.86. The minimum absolute atomic E-state index is 0.0434. The molecule has 1 aromatic heterocycles. The zero-order chi connectivity index (χ0) is 19.5. The summed E-state index contributed by atoms with van der Waals surface area (Å²) in [6.07, 6.45) is 0. The number of ether oxygens (including phenoxy) is 1. The van der Waals surface area contributed by atoms with Crippen molar-refractivity contribution in [2.45, 2.75) is 33.1 Å². The maximum absolute atomic E-state index is 12.7. The maximum atomic E-state index is 12.7. The van der Waals surface area contributed by atoms with Crippen LogP contribution < -0.4 is 10.1 Å². The average Bonchev–Trinajstić information content (AvgIpc) is 2.96. The molecule has 0 aliphatic heterocycles. The maximum Gasteiger partial charge on any atom is 0.266 e. The largest absolute Gasteiger partial charge is 0.497 e. The Labute approximate surface area is 158 Å². The third-order valence-electron chi connectivity index (χ3n) is 3.71. The van der Waals surface area contributed by atoms with Gasteiger partial charge in [0.1, 0.15) is 10.6 Å². The number of likely N-dealkylation sites (N-methyl/N-ethyl adjacent to an activating group) is 1. The van der Waals surface area contributed by atoms with E-state index in [9.17, 15) is 9.59 Å². The molecular weight excluding hydrogens is 350 g/mol. The number of nitrogens with zero attached hydrogens (tertiary/aromatic N) is 2. The number of aromatic nitrogens is 1. The molecule has 1 aromatic carbocycles. The number of carbonyl (C=O) groups is 2. The predicted molar refractivity (Wildman–Crippen MR) is 104 cm³/mol. The number of benzene rings is 1. The number of anilines is 1. The Hall–Kier alpha value is -2.41. The lowest BCUT2D eigenvalue weighted by Gasteiger charge is -2.16. The van der Waals surface area contributed by atoms with Crippen LogP contribution in [0.25, 0.3) is 0 Å². The Balaban J connectivity index is 2.04. The summed E-state index contributed by atoms with van der Waals surface area (Å²) in [6, 6.07) is 7.08. The Bertz CT molecular complexity index is 809. The van der Waals surface area contributed by atoms with E-state index < -0.39 is 0 Å². The van der Waals surface area contributed by atoms with Gasteiger partial charge >= 0.3 is 0 Å². The minimum atomic E-state index is -0.271. The van der Waals surface area contributed by atoms with E-state index in [1.807, 2.05) is 6.92 Å². The van der Waals surface area contributed by atoms with Gasteiger partial charge in [0.2, 0.25) is 5.91 Å². The zero-order valence-corrected chi connectivity index (χ0v) is 16.9. The van der Waals surface area contributed by atoms with Crippen LogP contribution in [0, 0.1) is 6.92 Å². The van der Waals surface area contributed by atoms with Gasteiger partial charge in [-0.05, 0) is 19.1 Å². The molecule has 2 rings (SSSR count). The van der Waals surface area contributed by atoms with Crippen LogP contribution in [-0.4, -0.2) is 42.4 Å². The molecular formula is C19H25N3O3S. The molecule has 0 atom stereocenters. The monoisotopic (exact) mass is 375 g/mol. The van der Waals surface area contributed by atoms with Crippen LogP contribution in [-0.2, 0) is 10.2 Å². The van der Waals surface area contributed by atoms with E-state index in [0.29, 0.717) is 22.0 Å². The fraction of sp³-hybridized carbons (Fsp3) is 0.421. The summed E-state index contributed by atoms with van der Waals surface area (Å²) < 4.78 is 5.14. The van der Waals surface area contributed by atoms with Crippen molar-refractivity contribution >= 4 is 28.8 Å². The topological polar surface area (TPSA) is 71.5 Å². The zero-order valence-electron chi connectivity index (χ0n) is 16.0. The summed E-state index contributed by atoms with van der Waals surface area (Å²) in [4.78, 5) is 31.4. The first kappa shape index (κ1) is 19.9. The quantitative estimate of drug-likeness (QED) is 0.869. The van der Waals surface area contributed by atoms with Crippen molar-refractivity contribution in [3.63, 3.8) is 0 Å². The lowest BCUT2D eigenvalue weighted by molar-refractivity contribution is -0.116. The van der Waals surface area contributed by atoms with Gasteiger partial charge in [-0.3, -0.25) is 9.59 Å². The molecule has 0 saturated heterocycles. The van der Waals surface area contributed by atoms with Crippen molar-refractivity contribution in [2.75, 3.05) is 26.0 Å². The van der Waals surface area contributed by atoms with Gasteiger partial charge in [-0.1, -0.05) is 26.8 Å². The van der Waals surface area contributed by atoms with E-state index in [0.717, 1.165) is 5.01 Å². The molecule has 2 amide bonds. The van der Waals surface area contributed by atoms with Crippen LogP contribution in [0.3, 0.4) is 0 Å². The molecule has 26 heavy (non-hydrogen) atoms. The number of aryl methyl sites for hydroxylation is 1. The number of hydrogen-bond donors (Lipinski definition) is 1. The van der Waals surface area contributed by atoms with Gasteiger partial charge in [-0.2, -0.15) is 0 Å². The van der Waals surface area contributed by atoms with Gasteiger partial charge in [0.15, 0.2) is 0 Å². The van der Waals surface area contributed by atoms with E-state index in [1.165, 1.54) is 16.2 Å². The van der Waals surface area contributed by atoms with Crippen LogP contribution in [0.2, 0.25) is 0 Å². The van der Waals surface area contributed by atoms with Gasteiger partial charge in [-0.25, -0.2) is 4.98 Å². The Kier molecular flexibility index (Phi) is 6.02. The fourth-order valence-electron chi connectivity index (χ4n) is 2.28. The number of nitrogens with one attached hydrogen (secondary N) is 1. The molecule has 140 valence electrons. The van der Waals surface area contributed by atoms with Crippen LogP contribution in [0.15, 0.2) is 24.3 Å². The number of rotatable bonds is 5. The van der Waals surface area contributed by atoms with Crippen LogP contribution in [0.1, 0.15) is 41.1 Å². The smallest absolute Gasteiger partial charge is 0.266 e. The Morgan fingerprint density at radius 2 is 2.00 bits per heavy atom. The van der Waals surface area contributed by atoms with Crippen LogP contribution >= 0.6 is 11.3 Å². The summed E-state index contributed by atoms with van der Waals surface area (Å²) in [7, 11) is 3.18. The Morgan fingerprint density at radius 1 is 1.31 bits per heavy atom. The van der Waals surface area contributed by atoms with E-state index in [2.05, 4.69) is 31.1 Å². The van der Waals surface area contributed by atoms with Crippen LogP contribution in [0.5, 0.6) is 5.75 Å². The van der Waals surface area contributed by atoms with Gasteiger partial charge < -0.3 is 15.0 Å². The predicted octanol–water partition coefficient (Wildman–Crippen LogP) is 3.47. The van der Waals surface area contributed by atoms with Crippen molar-refractivity contribution in [2.24, 2.45) is 0 Å². The standard InChI is InChI=1S/C19H25N3O3S/c1-12-16(26-18(20-12)19(2,3)4)17(24)22(5)11-15(23)21-13-8-7-9-14(10-13)25-6/h7-10H,11H2,1-6H3,(H,21,23). The summed E-state index contributed by atoms with van der Waals surface area (Å²) in [5.41, 5.74) is 1.21. The molecule has 0 spiro atoms. The van der Waals surface area contributed by atoms with Gasteiger partial charge in [0, 0.05) is 24.2 Å². The van der Waals surface area contributed by atoms with Crippen molar-refractivity contribution < 1.29 is 14.3 Å². The summed E-state index contributed by atoms with van der Waals surface area (Å²) in [5.74, 6) is 0.186. The SMILES string of the molecule is COc1cccc(NC(=O)CN(C)C(=O)c2sc(C(C)(C)C)nc2C)c1. The number of hydrogen-bond acceptors (Lipinski definition) is 5. The molecule has 6 nitrogen and oxygen atoms in total. The minimum Gasteiger partial charge on any atom is -0.497 e. The highest BCUT2D eigenvalue weighted by molar-refractivity contribution is 7.14. The fourth-order valence-corrected chi connectivity index (χ4v) is 3.40. The molecule has 0 bridgehead atoms. The first-order valence-corrected chi connectivity index (χ1v) is 9.10. The second-order valence-corrected chi connectivity index (χ2v) is 8.12. The van der Waals surface area contributed by atoms with Crippen molar-refractivity contribution in [3.05, 3.63) is 39.8 Å². The molecule has 1 heterocycles. The average molecular weight is 375 g/mol. The molecule has 0 fully saturated rings. The summed E-state index contributed by atoms with van der Waals surface area (Å²) in [6.45, 7) is 7.96. The molecule has 2 aromatic rings. The summed E-state index contributed by atoms with van der Waals surface area (Å²) >= 11 is 1.39. The third-order valence-corrected chi connectivity index (χ3v) is 5.28. The first-order valence-electron chi connectivity index (χ1n) is 8.29. The Morgan fingerprint density at radius 3 is 2.58 bits per heavy atom. The second-order valence-electron chi connectivity index (χ2n) is 7.12. The lowest BCUT2D eigenvalue weighted by Crippen LogP contribution is -2.34. The van der Waals surface area contributed by atoms with Gasteiger partial charge in [0.05, 0.1) is 24.4 Å². The summed E-state index contributed by atoms with van der Waals surface area (Å²) in [5, 5.41) is 3.68. The number of methoxy groups -OCH3 is 1. The molecule has 1 N–H and O–H groups in total. The molecule has 7 heteroatoms. The van der Waals surface area contributed by atoms with Crippen LogP contribution in [0.4, 0.5) is 5.69 Å². The van der Waals surface area contributed by atoms with E-state index in [-0.39, 0.29) is 23.8 Å². The molecule has 0 radical (unpaired) electrons. The van der Waals surface area contributed by atoms with E-state index >= 15 is 0 Å². The van der Waals surface area contributed by atoms with Crippen molar-refractivity contribution in [1.82, 2.24) is 9.88 Å². The highest BCUT2D eigenvalue weighted by atomic mass is 32.1. The van der Waals surface area contributed by atoms with Crippen molar-refractivity contribution in [3.8, 4) is 5.75 Å². The normalized spacial score (nSPS) is 11.2. The first-order chi connectivity index (χ1) is 12.1. The highest BCUT2D eigenvalue weighted by Gasteiger charge is 2.25. The third kappa shape index (κ3) is 4.82. The molecule has 0 aliphatic carbocycles. The molecule has 0 saturated carbocycles.